The molecule has 0 spiro atoms. The van der Waals surface area contributed by atoms with Crippen LogP contribution in [0.1, 0.15) is 123 Å². The van der Waals surface area contributed by atoms with Gasteiger partial charge in [0.2, 0.25) is 17.6 Å². The van der Waals surface area contributed by atoms with Gasteiger partial charge in [-0.25, -0.2) is 9.48 Å². The Hall–Kier alpha value is -3.55. The van der Waals surface area contributed by atoms with E-state index < -0.39 is 64.5 Å². The third-order valence-corrected chi connectivity index (χ3v) is 10.7. The van der Waals surface area contributed by atoms with Crippen LogP contribution in [0.15, 0.2) is 6.20 Å². The minimum Gasteiger partial charge on any atom is -0.444 e. The van der Waals surface area contributed by atoms with Gasteiger partial charge in [0.1, 0.15) is 28.8 Å². The van der Waals surface area contributed by atoms with E-state index in [0.717, 1.165) is 38.5 Å². The molecule has 1 unspecified atom stereocenters. The Kier molecular flexibility index (Phi) is 9.48. The fourth-order valence-corrected chi connectivity index (χ4v) is 8.43. The van der Waals surface area contributed by atoms with Crippen molar-refractivity contribution in [2.75, 3.05) is 6.54 Å². The number of fused-ring (bicyclic) bond motifs is 2. The molecule has 1 aromatic rings. The van der Waals surface area contributed by atoms with Crippen molar-refractivity contribution in [3.8, 4) is 0 Å². The summed E-state index contributed by atoms with van der Waals surface area (Å²) in [7, 11) is 0. The second-order valence-corrected chi connectivity index (χ2v) is 15.9. The Morgan fingerprint density at radius 1 is 1.06 bits per heavy atom. The molecule has 1 aliphatic heterocycles. The van der Waals surface area contributed by atoms with Crippen LogP contribution >= 0.6 is 0 Å². The van der Waals surface area contributed by atoms with Crippen molar-refractivity contribution >= 4 is 29.6 Å². The number of hydrogen-bond donors (Lipinski definition) is 4. The van der Waals surface area contributed by atoms with Crippen LogP contribution in [-0.2, 0) is 29.5 Å². The number of primary amides is 1. The van der Waals surface area contributed by atoms with Gasteiger partial charge in [0, 0.05) is 13.0 Å². The Morgan fingerprint density at radius 3 is 2.28 bits per heavy atom. The first-order valence-electron chi connectivity index (χ1n) is 17.0. The normalized spacial score (nSPS) is 27.7. The molecule has 4 fully saturated rings. The fraction of sp³-hybridized carbons (Fsp3) is 0.788. The fourth-order valence-electron chi connectivity index (χ4n) is 8.43. The van der Waals surface area contributed by atoms with Gasteiger partial charge < -0.3 is 31.1 Å². The van der Waals surface area contributed by atoms with Crippen molar-refractivity contribution in [2.24, 2.45) is 17.1 Å². The van der Waals surface area contributed by atoms with Crippen molar-refractivity contribution in [3.63, 3.8) is 0 Å². The van der Waals surface area contributed by atoms with Crippen LogP contribution in [0.3, 0.4) is 0 Å². The molecule has 5 rings (SSSR count). The minimum absolute atomic E-state index is 0.0439. The number of amides is 4. The van der Waals surface area contributed by atoms with E-state index in [-0.39, 0.29) is 31.2 Å². The topological polar surface area (TPSA) is 199 Å². The second kappa shape index (κ2) is 12.8. The van der Waals surface area contributed by atoms with Crippen LogP contribution in [0.25, 0.3) is 0 Å². The first-order valence-corrected chi connectivity index (χ1v) is 17.0. The van der Waals surface area contributed by atoms with Crippen LogP contribution in [0.4, 0.5) is 4.79 Å². The summed E-state index contributed by atoms with van der Waals surface area (Å²) >= 11 is 0. The predicted molar refractivity (Wildman–Crippen MR) is 169 cm³/mol. The number of likely N-dealkylation sites (tertiary alicyclic amines) is 1. The molecule has 14 nitrogen and oxygen atoms in total. The number of nitrogens with two attached hydrogens (primary N) is 1. The number of carbonyl (C=O) groups is 5. The zero-order valence-corrected chi connectivity index (χ0v) is 28.3. The number of hydrogen-bond acceptors (Lipinski definition) is 9. The van der Waals surface area contributed by atoms with Gasteiger partial charge in [-0.3, -0.25) is 19.2 Å². The summed E-state index contributed by atoms with van der Waals surface area (Å²) in [5.74, 6) is -2.37. The largest absolute Gasteiger partial charge is 0.444 e. The maximum atomic E-state index is 14.7. The summed E-state index contributed by atoms with van der Waals surface area (Å²) in [6.45, 7) is 8.49. The number of ketones is 1. The molecular weight excluding hydrogens is 606 g/mol. The number of nitrogens with zero attached hydrogens (tertiary/aromatic N) is 4. The van der Waals surface area contributed by atoms with Gasteiger partial charge in [0.25, 0.3) is 5.91 Å². The van der Waals surface area contributed by atoms with Crippen LogP contribution in [0, 0.1) is 11.3 Å². The lowest BCUT2D eigenvalue weighted by Crippen LogP contribution is -2.63. The molecule has 3 aliphatic carbocycles. The molecular formula is C33H51N7O7. The van der Waals surface area contributed by atoms with E-state index in [1.807, 2.05) is 0 Å². The Bertz CT molecular complexity index is 1380. The molecule has 4 amide bonds. The number of aromatic nitrogens is 3. The highest BCUT2D eigenvalue weighted by atomic mass is 16.6. The molecule has 0 radical (unpaired) electrons. The quantitative estimate of drug-likeness (QED) is 0.273. The standard InChI is InChI=1S/C33H51N7O7/c1-30(2,3)47-29(45)36-22(17-32-13-9-20(16-32)10-14-32)28(44)39-19-21(40-24(18-35-38-40)31(4,5)46)15-23(39)27(43)37-33(25(41)26(34)42)11-7-6-8-12-33/h18,20-23,46H,6-17,19H2,1-5H3,(H2,34,42)(H,36,45)(H,37,43)/t20?,21-,22?,23-,32?/m0/s1. The van der Waals surface area contributed by atoms with Crippen LogP contribution in [0.5, 0.6) is 0 Å². The van der Waals surface area contributed by atoms with E-state index in [1.165, 1.54) is 15.8 Å². The van der Waals surface area contributed by atoms with Crippen LogP contribution < -0.4 is 16.4 Å². The Balaban J connectivity index is 1.48. The Morgan fingerprint density at radius 2 is 1.72 bits per heavy atom. The number of alkyl carbamates (subject to hydrolysis) is 1. The lowest BCUT2D eigenvalue weighted by Gasteiger charge is -2.38. The van der Waals surface area contributed by atoms with Gasteiger partial charge in [0.05, 0.1) is 17.9 Å². The van der Waals surface area contributed by atoms with Gasteiger partial charge >= 0.3 is 6.09 Å². The smallest absolute Gasteiger partial charge is 0.408 e. The SMILES string of the molecule is CC(C)(C)OC(=O)NC(CC12CCC(CC1)C2)C(=O)N1C[C@@H](n2nncc2C(C)(C)O)C[C@H]1C(=O)NC1(C(=O)C(N)=O)CCCCC1. The number of nitrogens with one attached hydrogen (secondary N) is 2. The van der Waals surface area contributed by atoms with E-state index in [0.29, 0.717) is 30.9 Å². The third-order valence-electron chi connectivity index (χ3n) is 10.7. The van der Waals surface area contributed by atoms with Crippen molar-refractivity contribution in [1.82, 2.24) is 30.5 Å². The van der Waals surface area contributed by atoms with Crippen LogP contribution in [0.2, 0.25) is 0 Å². The summed E-state index contributed by atoms with van der Waals surface area (Å²) in [4.78, 5) is 68.7. The van der Waals surface area contributed by atoms with Gasteiger partial charge in [0.15, 0.2) is 0 Å². The molecule has 260 valence electrons. The first-order chi connectivity index (χ1) is 21.9. The number of rotatable bonds is 10. The average Bonchev–Trinajstić information content (AvgIpc) is 3.78. The summed E-state index contributed by atoms with van der Waals surface area (Å²) in [5, 5.41) is 24.8. The van der Waals surface area contributed by atoms with Gasteiger partial charge in [-0.1, -0.05) is 24.5 Å². The number of carbonyl (C=O) groups excluding carboxylic acids is 5. The Labute approximate surface area is 275 Å². The molecule has 3 atom stereocenters. The van der Waals surface area contributed by atoms with E-state index in [4.69, 9.17) is 10.5 Å². The molecule has 4 aliphatic rings. The molecule has 2 heterocycles. The van der Waals surface area contributed by atoms with Crippen LogP contribution in [-0.4, -0.2) is 84.4 Å². The third kappa shape index (κ3) is 7.47. The summed E-state index contributed by atoms with van der Waals surface area (Å²) in [5.41, 5.74) is 2.22. The molecule has 2 bridgehead atoms. The zero-order valence-electron chi connectivity index (χ0n) is 28.3. The summed E-state index contributed by atoms with van der Waals surface area (Å²) < 4.78 is 7.09. The highest BCUT2D eigenvalue weighted by Gasteiger charge is 2.51. The molecule has 1 saturated heterocycles. The molecule has 0 aromatic carbocycles. The van der Waals surface area contributed by atoms with Crippen molar-refractivity contribution in [1.29, 1.82) is 0 Å². The lowest BCUT2D eigenvalue weighted by molar-refractivity contribution is -0.145. The minimum atomic E-state index is -1.45. The molecule has 1 aromatic heterocycles. The molecule has 14 heteroatoms. The maximum Gasteiger partial charge on any atom is 0.408 e. The van der Waals surface area contributed by atoms with Gasteiger partial charge in [-0.2, -0.15) is 0 Å². The molecule has 47 heavy (non-hydrogen) atoms. The van der Waals surface area contributed by atoms with E-state index >= 15 is 0 Å². The highest BCUT2D eigenvalue weighted by molar-refractivity contribution is 6.39. The molecule has 5 N–H and O–H groups in total. The van der Waals surface area contributed by atoms with E-state index in [2.05, 4.69) is 20.9 Å². The van der Waals surface area contributed by atoms with E-state index in [1.54, 1.807) is 34.6 Å². The summed E-state index contributed by atoms with van der Waals surface area (Å²) in [6, 6.07) is -2.57. The maximum absolute atomic E-state index is 14.7. The zero-order chi connectivity index (χ0) is 34.4. The number of Topliss-reactive ketones (excluding diaryl/α,β-unsaturated/α-hetero) is 1. The first kappa shape index (κ1) is 34.8. The van der Waals surface area contributed by atoms with Crippen molar-refractivity contribution < 1.29 is 33.8 Å². The molecule has 3 saturated carbocycles. The highest BCUT2D eigenvalue weighted by Crippen LogP contribution is 2.56. The van der Waals surface area contributed by atoms with Crippen molar-refractivity contribution in [2.45, 2.75) is 147 Å². The second-order valence-electron chi connectivity index (χ2n) is 15.9. The lowest BCUT2D eigenvalue weighted by atomic mass is 9.78. The average molecular weight is 658 g/mol. The van der Waals surface area contributed by atoms with Gasteiger partial charge in [-0.05, 0) is 97.3 Å². The number of ether oxygens (including phenoxy) is 1. The number of aliphatic hydroxyl groups is 1. The van der Waals surface area contributed by atoms with E-state index in [9.17, 15) is 29.1 Å². The monoisotopic (exact) mass is 657 g/mol. The summed E-state index contributed by atoms with van der Waals surface area (Å²) in [6.07, 6.45) is 9.02. The predicted octanol–water partition coefficient (Wildman–Crippen LogP) is 2.38. The van der Waals surface area contributed by atoms with Crippen molar-refractivity contribution in [3.05, 3.63) is 11.9 Å². The van der Waals surface area contributed by atoms with Gasteiger partial charge in [-0.15, -0.1) is 5.10 Å².